The van der Waals surface area contributed by atoms with Gasteiger partial charge < -0.3 is 10.1 Å². The number of carbonyl (C=O) groups excluding carboxylic acids is 1. The number of pyridine rings is 1. The van der Waals surface area contributed by atoms with E-state index in [0.717, 1.165) is 0 Å². The summed E-state index contributed by atoms with van der Waals surface area (Å²) in [5.41, 5.74) is -0.575. The molecule has 1 heterocycles. The van der Waals surface area contributed by atoms with Gasteiger partial charge in [0.05, 0.1) is 4.92 Å². The number of aromatic nitrogens is 1. The Bertz CT molecular complexity index is 483. The minimum atomic E-state index is -0.497. The molecule has 0 fully saturated rings. The maximum absolute atomic E-state index is 11.5. The molecule has 0 aromatic carbocycles. The highest BCUT2D eigenvalue weighted by atomic mass is 16.6. The van der Waals surface area contributed by atoms with Crippen molar-refractivity contribution < 1.29 is 14.5 Å². The molecule has 7 nitrogen and oxygen atoms in total. The SMILES string of the molecule is CC(C)(C)OC(=O)CCCNc1ncccc1[N+](=O)[O-]. The van der Waals surface area contributed by atoms with Gasteiger partial charge in [0, 0.05) is 25.2 Å². The smallest absolute Gasteiger partial charge is 0.311 e. The summed E-state index contributed by atoms with van der Waals surface area (Å²) in [7, 11) is 0. The highest BCUT2D eigenvalue weighted by Crippen LogP contribution is 2.20. The second-order valence-corrected chi connectivity index (χ2v) is 5.25. The van der Waals surface area contributed by atoms with Crippen LogP contribution in [0.15, 0.2) is 18.3 Å². The maximum atomic E-state index is 11.5. The first-order valence-electron chi connectivity index (χ1n) is 6.35. The van der Waals surface area contributed by atoms with E-state index in [1.807, 2.05) is 0 Å². The number of nitrogens with one attached hydrogen (secondary N) is 1. The van der Waals surface area contributed by atoms with Gasteiger partial charge in [0.2, 0.25) is 5.82 Å². The highest BCUT2D eigenvalue weighted by Gasteiger charge is 2.16. The van der Waals surface area contributed by atoms with Gasteiger partial charge in [-0.15, -0.1) is 0 Å². The van der Waals surface area contributed by atoms with Crippen LogP contribution in [0.25, 0.3) is 0 Å². The average Bonchev–Trinajstić information content (AvgIpc) is 2.33. The van der Waals surface area contributed by atoms with Crippen molar-refractivity contribution in [2.75, 3.05) is 11.9 Å². The molecule has 20 heavy (non-hydrogen) atoms. The molecule has 0 saturated carbocycles. The van der Waals surface area contributed by atoms with E-state index in [4.69, 9.17) is 4.74 Å². The number of hydrogen-bond donors (Lipinski definition) is 1. The highest BCUT2D eigenvalue weighted by molar-refractivity contribution is 5.69. The van der Waals surface area contributed by atoms with Crippen LogP contribution < -0.4 is 5.32 Å². The standard InChI is InChI=1S/C13H19N3O4/c1-13(2,3)20-11(17)7-5-9-15-12-10(16(18)19)6-4-8-14-12/h4,6,8H,5,7,9H2,1-3H3,(H,14,15). The van der Waals surface area contributed by atoms with Crippen LogP contribution in [0, 0.1) is 10.1 Å². The molecule has 1 aromatic rings. The lowest BCUT2D eigenvalue weighted by atomic mass is 10.2. The molecule has 0 saturated heterocycles. The largest absolute Gasteiger partial charge is 0.460 e. The predicted octanol–water partition coefficient (Wildman–Crippen LogP) is 2.52. The third-order valence-electron chi connectivity index (χ3n) is 2.25. The molecule has 1 N–H and O–H groups in total. The molecule has 0 atom stereocenters. The van der Waals surface area contributed by atoms with Crippen molar-refractivity contribution in [2.24, 2.45) is 0 Å². The number of anilines is 1. The van der Waals surface area contributed by atoms with Crippen LogP contribution >= 0.6 is 0 Å². The zero-order valence-electron chi connectivity index (χ0n) is 11.9. The van der Waals surface area contributed by atoms with E-state index in [1.165, 1.54) is 18.3 Å². The third kappa shape index (κ3) is 5.64. The Morgan fingerprint density at radius 1 is 1.50 bits per heavy atom. The first kappa shape index (κ1) is 15.9. The molecule has 7 heteroatoms. The van der Waals surface area contributed by atoms with E-state index < -0.39 is 10.5 Å². The van der Waals surface area contributed by atoms with Crippen molar-refractivity contribution in [1.29, 1.82) is 0 Å². The van der Waals surface area contributed by atoms with E-state index in [1.54, 1.807) is 20.8 Å². The van der Waals surface area contributed by atoms with Crippen molar-refractivity contribution >= 4 is 17.5 Å². The number of hydrogen-bond acceptors (Lipinski definition) is 6. The summed E-state index contributed by atoms with van der Waals surface area (Å²) in [6.07, 6.45) is 2.25. The Morgan fingerprint density at radius 3 is 2.80 bits per heavy atom. The Balaban J connectivity index is 2.39. The van der Waals surface area contributed by atoms with Gasteiger partial charge in [-0.3, -0.25) is 14.9 Å². The summed E-state index contributed by atoms with van der Waals surface area (Å²) in [6, 6.07) is 2.88. The second kappa shape index (κ2) is 6.83. The number of rotatable bonds is 6. The monoisotopic (exact) mass is 281 g/mol. The number of carbonyl (C=O) groups is 1. The normalized spacial score (nSPS) is 10.9. The van der Waals surface area contributed by atoms with Crippen LogP contribution in [0.3, 0.4) is 0 Å². The van der Waals surface area contributed by atoms with Gasteiger partial charge in [-0.05, 0) is 33.3 Å². The van der Waals surface area contributed by atoms with Gasteiger partial charge in [-0.1, -0.05) is 0 Å². The Labute approximate surface area is 117 Å². The van der Waals surface area contributed by atoms with Gasteiger partial charge >= 0.3 is 11.7 Å². The number of nitrogens with zero attached hydrogens (tertiary/aromatic N) is 2. The second-order valence-electron chi connectivity index (χ2n) is 5.25. The molecule has 0 bridgehead atoms. The summed E-state index contributed by atoms with van der Waals surface area (Å²) in [5, 5.41) is 13.6. The van der Waals surface area contributed by atoms with Crippen LogP contribution in [0.1, 0.15) is 33.6 Å². The molecule has 1 aromatic heterocycles. The van der Waals surface area contributed by atoms with Gasteiger partial charge in [-0.2, -0.15) is 0 Å². The van der Waals surface area contributed by atoms with Crippen molar-refractivity contribution in [1.82, 2.24) is 4.98 Å². The minimum Gasteiger partial charge on any atom is -0.460 e. The van der Waals surface area contributed by atoms with Gasteiger partial charge in [0.25, 0.3) is 0 Å². The molecule has 0 aliphatic rings. The summed E-state index contributed by atoms with van der Waals surface area (Å²) >= 11 is 0. The zero-order chi connectivity index (χ0) is 15.2. The fourth-order valence-corrected chi connectivity index (χ4v) is 1.51. The van der Waals surface area contributed by atoms with Gasteiger partial charge in [-0.25, -0.2) is 4.98 Å². The zero-order valence-corrected chi connectivity index (χ0v) is 11.9. The molecular weight excluding hydrogens is 262 g/mol. The van der Waals surface area contributed by atoms with Crippen LogP contribution in [0.2, 0.25) is 0 Å². The number of nitro groups is 1. The molecule has 1 rings (SSSR count). The van der Waals surface area contributed by atoms with Crippen LogP contribution in [-0.4, -0.2) is 28.0 Å². The summed E-state index contributed by atoms with van der Waals surface area (Å²) in [5.74, 6) is -0.0727. The lowest BCUT2D eigenvalue weighted by molar-refractivity contribution is -0.384. The molecule has 0 unspecified atom stereocenters. The number of esters is 1. The number of ether oxygens (including phenoxy) is 1. The molecule has 0 radical (unpaired) electrons. The summed E-state index contributed by atoms with van der Waals surface area (Å²) < 4.78 is 5.16. The first-order valence-corrected chi connectivity index (χ1v) is 6.35. The quantitative estimate of drug-likeness (QED) is 0.372. The predicted molar refractivity (Wildman–Crippen MR) is 74.5 cm³/mol. The van der Waals surface area contributed by atoms with E-state index in [0.29, 0.717) is 13.0 Å². The van der Waals surface area contributed by atoms with Gasteiger partial charge in [0.15, 0.2) is 0 Å². The molecular formula is C13H19N3O4. The Hall–Kier alpha value is -2.18. The molecule has 110 valence electrons. The van der Waals surface area contributed by atoms with Crippen molar-refractivity contribution in [3.8, 4) is 0 Å². The van der Waals surface area contributed by atoms with E-state index in [2.05, 4.69) is 10.3 Å². The third-order valence-corrected chi connectivity index (χ3v) is 2.25. The van der Waals surface area contributed by atoms with Gasteiger partial charge in [0.1, 0.15) is 5.60 Å². The summed E-state index contributed by atoms with van der Waals surface area (Å²) in [4.78, 5) is 25.7. The average molecular weight is 281 g/mol. The molecule has 0 aliphatic heterocycles. The Morgan fingerprint density at radius 2 is 2.20 bits per heavy atom. The van der Waals surface area contributed by atoms with E-state index in [-0.39, 0.29) is 23.9 Å². The van der Waals surface area contributed by atoms with Crippen LogP contribution in [-0.2, 0) is 9.53 Å². The lowest BCUT2D eigenvalue weighted by Crippen LogP contribution is -2.24. The van der Waals surface area contributed by atoms with E-state index >= 15 is 0 Å². The minimum absolute atomic E-state index is 0.0789. The van der Waals surface area contributed by atoms with Crippen LogP contribution in [0.4, 0.5) is 11.5 Å². The van der Waals surface area contributed by atoms with E-state index in [9.17, 15) is 14.9 Å². The molecule has 0 spiro atoms. The maximum Gasteiger partial charge on any atom is 0.311 e. The first-order chi connectivity index (χ1) is 9.29. The topological polar surface area (TPSA) is 94.4 Å². The molecule has 0 amide bonds. The fraction of sp³-hybridized carbons (Fsp3) is 0.538. The lowest BCUT2D eigenvalue weighted by Gasteiger charge is -2.19. The van der Waals surface area contributed by atoms with Crippen LogP contribution in [0.5, 0.6) is 0 Å². The van der Waals surface area contributed by atoms with Crippen molar-refractivity contribution in [3.63, 3.8) is 0 Å². The van der Waals surface area contributed by atoms with Crippen molar-refractivity contribution in [3.05, 3.63) is 28.4 Å². The summed E-state index contributed by atoms with van der Waals surface area (Å²) in [6.45, 7) is 5.83. The van der Waals surface area contributed by atoms with Crippen molar-refractivity contribution in [2.45, 2.75) is 39.2 Å². The fourth-order valence-electron chi connectivity index (χ4n) is 1.51. The molecule has 0 aliphatic carbocycles. The Kier molecular flexibility index (Phi) is 5.42.